The lowest BCUT2D eigenvalue weighted by Crippen LogP contribution is -2.25. The molecule has 0 saturated heterocycles. The summed E-state index contributed by atoms with van der Waals surface area (Å²) in [4.78, 5) is 12.6. The largest absolute Gasteiger partial charge is 0.363 e. The Kier molecular flexibility index (Phi) is 6.76. The van der Waals surface area contributed by atoms with Crippen molar-refractivity contribution in [3.05, 3.63) is 57.6 Å². The average molecular weight is 434 g/mol. The fourth-order valence-electron chi connectivity index (χ4n) is 2.72. The lowest BCUT2D eigenvalue weighted by molar-refractivity contribution is -0.0126. The average Bonchev–Trinajstić information content (AvgIpc) is 2.54. The zero-order chi connectivity index (χ0) is 21.2. The molecule has 0 fully saturated rings. The minimum absolute atomic E-state index is 0.0352. The van der Waals surface area contributed by atoms with Crippen LogP contribution in [0.1, 0.15) is 34.7 Å². The van der Waals surface area contributed by atoms with Gasteiger partial charge in [0.2, 0.25) is 0 Å². The highest BCUT2D eigenvalue weighted by Gasteiger charge is 2.27. The molecule has 1 amide bonds. The highest BCUT2D eigenvalue weighted by atomic mass is 35.5. The van der Waals surface area contributed by atoms with Crippen molar-refractivity contribution in [3.8, 4) is 11.1 Å². The van der Waals surface area contributed by atoms with Crippen LogP contribution in [0, 0.1) is 18.6 Å². The third-order valence-corrected chi connectivity index (χ3v) is 4.73. The molecule has 0 aliphatic carbocycles. The minimum atomic E-state index is -4.09. The maximum Gasteiger partial charge on any atom is 0.267 e. The second kappa shape index (κ2) is 8.52. The molecule has 0 aliphatic rings. The summed E-state index contributed by atoms with van der Waals surface area (Å²) in [5, 5.41) is 12.9. The van der Waals surface area contributed by atoms with E-state index in [1.165, 1.54) is 13.0 Å². The molecule has 10 heteroatoms. The van der Waals surface area contributed by atoms with Crippen molar-refractivity contribution in [2.24, 2.45) is 0 Å². The summed E-state index contributed by atoms with van der Waals surface area (Å²) in [6, 6.07) is 3.73. The van der Waals surface area contributed by atoms with Gasteiger partial charge in [-0.1, -0.05) is 11.6 Å². The molecule has 1 atom stereocenters. The first-order chi connectivity index (χ1) is 12.9. The molecule has 152 valence electrons. The van der Waals surface area contributed by atoms with Crippen LogP contribution in [0.4, 0.5) is 8.78 Å². The smallest absolute Gasteiger partial charge is 0.267 e. The van der Waals surface area contributed by atoms with Gasteiger partial charge >= 0.3 is 0 Å². The lowest BCUT2D eigenvalue weighted by Gasteiger charge is -2.21. The van der Waals surface area contributed by atoms with E-state index in [4.69, 9.17) is 11.6 Å². The summed E-state index contributed by atoms with van der Waals surface area (Å²) in [5.74, 6) is -2.46. The van der Waals surface area contributed by atoms with Gasteiger partial charge in [-0.2, -0.15) is 8.42 Å². The van der Waals surface area contributed by atoms with E-state index in [1.54, 1.807) is 6.92 Å². The number of nitrogens with one attached hydrogen (secondary N) is 1. The Hall–Kier alpha value is -2.07. The van der Waals surface area contributed by atoms with Crippen molar-refractivity contribution in [2.75, 3.05) is 12.8 Å². The number of carbonyl (C=O) groups excluding carboxylic acids is 1. The molecule has 1 unspecified atom stereocenters. The predicted molar refractivity (Wildman–Crippen MR) is 100 cm³/mol. The van der Waals surface area contributed by atoms with E-state index in [0.717, 1.165) is 18.4 Å². The number of benzene rings is 2. The van der Waals surface area contributed by atoms with Gasteiger partial charge in [0.25, 0.3) is 16.0 Å². The van der Waals surface area contributed by atoms with E-state index in [1.807, 2.05) is 0 Å². The van der Waals surface area contributed by atoms with Gasteiger partial charge in [-0.25, -0.2) is 13.0 Å². The van der Waals surface area contributed by atoms with E-state index in [0.29, 0.717) is 6.07 Å². The predicted octanol–water partition coefficient (Wildman–Crippen LogP) is 3.31. The Balaban J connectivity index is 2.89. The first-order valence-corrected chi connectivity index (χ1v) is 10.3. The van der Waals surface area contributed by atoms with Gasteiger partial charge in [0.15, 0.2) is 6.29 Å². The number of rotatable bonds is 6. The number of aliphatic hydroxyl groups excluding tert-OH is 1. The summed E-state index contributed by atoms with van der Waals surface area (Å²) in [6.07, 6.45) is -1.33. The van der Waals surface area contributed by atoms with E-state index in [-0.39, 0.29) is 39.4 Å². The topological polar surface area (TPSA) is 92.7 Å². The van der Waals surface area contributed by atoms with Gasteiger partial charge in [-0.15, -0.1) is 0 Å². The van der Waals surface area contributed by atoms with Gasteiger partial charge in [-0.3, -0.25) is 4.79 Å². The third kappa shape index (κ3) is 5.05. The first-order valence-electron chi connectivity index (χ1n) is 8.08. The van der Waals surface area contributed by atoms with Gasteiger partial charge in [0.05, 0.1) is 11.8 Å². The molecular weight excluding hydrogens is 416 g/mol. The fourth-order valence-corrected chi connectivity index (χ4v) is 3.37. The molecular formula is C18H18ClF2NO5S. The van der Waals surface area contributed by atoms with Crippen LogP contribution in [0.15, 0.2) is 24.3 Å². The summed E-state index contributed by atoms with van der Waals surface area (Å²) in [6.45, 7) is 3.43. The van der Waals surface area contributed by atoms with Crippen molar-refractivity contribution in [3.63, 3.8) is 0 Å². The quantitative estimate of drug-likeness (QED) is 0.538. The summed E-state index contributed by atoms with van der Waals surface area (Å²) < 4.78 is 55.1. The molecule has 0 aliphatic heterocycles. The summed E-state index contributed by atoms with van der Waals surface area (Å²) >= 11 is 6.16. The van der Waals surface area contributed by atoms with Crippen LogP contribution in [-0.4, -0.2) is 32.2 Å². The molecule has 0 radical (unpaired) electrons. The number of hydrogen-bond acceptors (Lipinski definition) is 5. The Morgan fingerprint density at radius 3 is 2.32 bits per heavy atom. The van der Waals surface area contributed by atoms with Crippen LogP contribution in [0.2, 0.25) is 5.02 Å². The lowest BCUT2D eigenvalue weighted by atomic mass is 9.90. The molecule has 0 spiro atoms. The Morgan fingerprint density at radius 2 is 1.82 bits per heavy atom. The highest BCUT2D eigenvalue weighted by Crippen LogP contribution is 2.38. The molecule has 2 rings (SSSR count). The number of carbonyl (C=O) groups is 1. The molecule has 6 nitrogen and oxygen atoms in total. The standard InChI is InChI=1S/C18H18ClF2NO5S/c1-4-22-17(23)15-9(2)14(19)8-13(18(24)27-28(3,25)26)16(15)10-5-11(20)7-12(21)6-10/h5-8,18,24H,4H2,1-3H3,(H,22,23). The number of aliphatic hydroxyl groups is 1. The van der Waals surface area contributed by atoms with E-state index < -0.39 is 33.9 Å². The fraction of sp³-hybridized carbons (Fsp3) is 0.278. The van der Waals surface area contributed by atoms with E-state index in [9.17, 15) is 27.1 Å². The van der Waals surface area contributed by atoms with E-state index in [2.05, 4.69) is 9.50 Å². The van der Waals surface area contributed by atoms with Gasteiger partial charge in [-0.05, 0) is 43.2 Å². The van der Waals surface area contributed by atoms with Gasteiger partial charge in [0, 0.05) is 28.8 Å². The molecule has 2 aromatic rings. The van der Waals surface area contributed by atoms with Crippen LogP contribution in [0.3, 0.4) is 0 Å². The van der Waals surface area contributed by atoms with Crippen molar-refractivity contribution >= 4 is 27.6 Å². The third-order valence-electron chi connectivity index (χ3n) is 3.80. The molecule has 0 saturated carbocycles. The van der Waals surface area contributed by atoms with Gasteiger partial charge < -0.3 is 10.4 Å². The monoisotopic (exact) mass is 433 g/mol. The van der Waals surface area contributed by atoms with Crippen LogP contribution >= 0.6 is 11.6 Å². The maximum atomic E-state index is 13.8. The van der Waals surface area contributed by atoms with Crippen LogP contribution in [-0.2, 0) is 14.3 Å². The zero-order valence-corrected chi connectivity index (χ0v) is 16.8. The van der Waals surface area contributed by atoms with Crippen LogP contribution in [0.5, 0.6) is 0 Å². The van der Waals surface area contributed by atoms with E-state index >= 15 is 0 Å². The maximum absolute atomic E-state index is 13.8. The SMILES string of the molecule is CCNC(=O)c1c(C)c(Cl)cc(C(O)OS(C)(=O)=O)c1-c1cc(F)cc(F)c1. The number of halogens is 3. The number of hydrogen-bond donors (Lipinski definition) is 2. The zero-order valence-electron chi connectivity index (χ0n) is 15.2. The summed E-state index contributed by atoms with van der Waals surface area (Å²) in [5.41, 5.74) is -0.201. The van der Waals surface area contributed by atoms with Crippen molar-refractivity contribution in [1.82, 2.24) is 5.32 Å². The van der Waals surface area contributed by atoms with Crippen molar-refractivity contribution < 1.29 is 31.3 Å². The molecule has 0 bridgehead atoms. The Bertz CT molecular complexity index is 1010. The molecule has 2 N–H and O–H groups in total. The number of amides is 1. The Morgan fingerprint density at radius 1 is 1.25 bits per heavy atom. The van der Waals surface area contributed by atoms with Crippen LogP contribution in [0.25, 0.3) is 11.1 Å². The molecule has 2 aromatic carbocycles. The van der Waals surface area contributed by atoms with Crippen molar-refractivity contribution in [1.29, 1.82) is 0 Å². The molecule has 0 heterocycles. The second-order valence-electron chi connectivity index (χ2n) is 5.99. The second-order valence-corrected chi connectivity index (χ2v) is 8.00. The van der Waals surface area contributed by atoms with Crippen LogP contribution < -0.4 is 5.32 Å². The first kappa shape index (κ1) is 22.2. The highest BCUT2D eigenvalue weighted by molar-refractivity contribution is 7.85. The molecule has 0 aromatic heterocycles. The van der Waals surface area contributed by atoms with Crippen molar-refractivity contribution in [2.45, 2.75) is 20.1 Å². The van der Waals surface area contributed by atoms with Gasteiger partial charge in [0.1, 0.15) is 11.6 Å². The molecule has 28 heavy (non-hydrogen) atoms. The summed E-state index contributed by atoms with van der Waals surface area (Å²) in [7, 11) is -4.09. The Labute approximate surface area is 166 Å². The normalized spacial score (nSPS) is 12.7. The minimum Gasteiger partial charge on any atom is -0.363 e.